The van der Waals surface area contributed by atoms with Crippen LogP contribution in [-0.4, -0.2) is 39.4 Å². The van der Waals surface area contributed by atoms with Gasteiger partial charge in [0.15, 0.2) is 0 Å². The molecule has 1 saturated heterocycles. The predicted molar refractivity (Wildman–Crippen MR) is 91.6 cm³/mol. The molecule has 1 fully saturated rings. The smallest absolute Gasteiger partial charge is 0.255 e. The fraction of sp³-hybridized carbons (Fsp3) is 0.188. The maximum absolute atomic E-state index is 12.6. The van der Waals surface area contributed by atoms with E-state index in [4.69, 9.17) is 11.6 Å². The minimum Gasteiger partial charge on any atom is -0.317 e. The van der Waals surface area contributed by atoms with Crippen LogP contribution < -0.4 is 5.32 Å². The first kappa shape index (κ1) is 15.8. The van der Waals surface area contributed by atoms with Gasteiger partial charge in [-0.05, 0) is 36.4 Å². The van der Waals surface area contributed by atoms with Crippen LogP contribution >= 0.6 is 23.4 Å². The third kappa shape index (κ3) is 3.65. The number of nitrogens with one attached hydrogen (secondary N) is 1. The highest BCUT2D eigenvalue weighted by atomic mass is 35.5. The van der Waals surface area contributed by atoms with Gasteiger partial charge >= 0.3 is 0 Å². The number of nitrogens with zero attached hydrogens (tertiary/aromatic N) is 2. The maximum atomic E-state index is 12.6. The molecule has 0 saturated carbocycles. The quantitative estimate of drug-likeness (QED) is 0.927. The molecular formula is C16H14ClN3O2S. The summed E-state index contributed by atoms with van der Waals surface area (Å²) in [5.41, 5.74) is 0.521. The number of aromatic nitrogens is 1. The van der Waals surface area contributed by atoms with Gasteiger partial charge in [0.05, 0.1) is 5.88 Å². The number of halogens is 1. The molecule has 1 atom stereocenters. The van der Waals surface area contributed by atoms with E-state index < -0.39 is 6.04 Å². The Morgan fingerprint density at radius 2 is 2.00 bits per heavy atom. The molecule has 0 unspecified atom stereocenters. The van der Waals surface area contributed by atoms with E-state index in [0.717, 1.165) is 0 Å². The second-order valence-electron chi connectivity index (χ2n) is 5.00. The molecule has 7 heteroatoms. The maximum Gasteiger partial charge on any atom is 0.255 e. The summed E-state index contributed by atoms with van der Waals surface area (Å²) < 4.78 is 0. The lowest BCUT2D eigenvalue weighted by Crippen LogP contribution is -2.44. The molecule has 5 nitrogen and oxygen atoms in total. The average Bonchev–Trinajstić information content (AvgIpc) is 3.05. The fourth-order valence-corrected chi connectivity index (χ4v) is 3.54. The number of pyridine rings is 1. The Kier molecular flexibility index (Phi) is 4.83. The number of rotatable bonds is 3. The Morgan fingerprint density at radius 3 is 2.70 bits per heavy atom. The van der Waals surface area contributed by atoms with E-state index in [1.165, 1.54) is 0 Å². The Hall–Kier alpha value is -2.05. The molecule has 2 aromatic rings. The highest BCUT2D eigenvalue weighted by molar-refractivity contribution is 7.99. The third-order valence-electron chi connectivity index (χ3n) is 3.45. The largest absolute Gasteiger partial charge is 0.317 e. The number of benzene rings is 1. The lowest BCUT2D eigenvalue weighted by molar-refractivity contribution is -0.119. The molecule has 1 aliphatic rings. The highest BCUT2D eigenvalue weighted by Gasteiger charge is 2.35. The van der Waals surface area contributed by atoms with Crippen molar-refractivity contribution < 1.29 is 9.59 Å². The molecule has 23 heavy (non-hydrogen) atoms. The molecule has 1 N–H and O–H groups in total. The lowest BCUT2D eigenvalue weighted by atomic mass is 10.1. The summed E-state index contributed by atoms with van der Waals surface area (Å²) in [6, 6.07) is 11.4. The Balaban J connectivity index is 1.73. The zero-order valence-corrected chi connectivity index (χ0v) is 13.7. The van der Waals surface area contributed by atoms with E-state index in [1.807, 2.05) is 0 Å². The molecule has 0 aliphatic carbocycles. The van der Waals surface area contributed by atoms with Crippen molar-refractivity contribution in [2.75, 3.05) is 16.9 Å². The first-order valence-corrected chi connectivity index (χ1v) is 8.54. The minimum absolute atomic E-state index is 0.173. The molecule has 0 bridgehead atoms. The summed E-state index contributed by atoms with van der Waals surface area (Å²) in [5.74, 6) is 1.14. The van der Waals surface area contributed by atoms with Crippen LogP contribution in [0.15, 0.2) is 48.7 Å². The fourth-order valence-electron chi connectivity index (χ4n) is 2.26. The lowest BCUT2D eigenvalue weighted by Gasteiger charge is -2.23. The van der Waals surface area contributed by atoms with Gasteiger partial charge in [-0.1, -0.05) is 17.7 Å². The van der Waals surface area contributed by atoms with E-state index >= 15 is 0 Å². The zero-order chi connectivity index (χ0) is 16.2. The molecule has 2 amide bonds. The SMILES string of the molecule is O=C(Nc1ccccn1)[C@@H]1CSCN1C(=O)c1ccc(Cl)cc1. The number of anilines is 1. The van der Waals surface area contributed by atoms with Gasteiger partial charge in [-0.2, -0.15) is 0 Å². The van der Waals surface area contributed by atoms with Crippen molar-refractivity contribution in [2.24, 2.45) is 0 Å². The van der Waals surface area contributed by atoms with Gasteiger partial charge in [0, 0.05) is 22.5 Å². The van der Waals surface area contributed by atoms with Crippen molar-refractivity contribution in [1.29, 1.82) is 0 Å². The molecule has 0 spiro atoms. The monoisotopic (exact) mass is 347 g/mol. The molecule has 0 radical (unpaired) electrons. The van der Waals surface area contributed by atoms with Crippen molar-refractivity contribution in [3.05, 3.63) is 59.2 Å². The zero-order valence-electron chi connectivity index (χ0n) is 12.1. The molecule has 1 aromatic carbocycles. The molecule has 1 aromatic heterocycles. The molecule has 3 rings (SSSR count). The van der Waals surface area contributed by atoms with Gasteiger partial charge in [0.2, 0.25) is 5.91 Å². The van der Waals surface area contributed by atoms with Crippen LogP contribution in [0.25, 0.3) is 0 Å². The molecular weight excluding hydrogens is 334 g/mol. The van der Waals surface area contributed by atoms with Crippen LogP contribution in [0, 0.1) is 0 Å². The number of carbonyl (C=O) groups excluding carboxylic acids is 2. The predicted octanol–water partition coefficient (Wildman–Crippen LogP) is 2.89. The van der Waals surface area contributed by atoms with Crippen LogP contribution in [-0.2, 0) is 4.79 Å². The van der Waals surface area contributed by atoms with E-state index in [0.29, 0.717) is 28.0 Å². The van der Waals surface area contributed by atoms with Gasteiger partial charge in [0.25, 0.3) is 5.91 Å². The normalized spacial score (nSPS) is 17.1. The topological polar surface area (TPSA) is 62.3 Å². The Morgan fingerprint density at radius 1 is 1.22 bits per heavy atom. The van der Waals surface area contributed by atoms with E-state index in [9.17, 15) is 9.59 Å². The molecule has 1 aliphatic heterocycles. The van der Waals surface area contributed by atoms with Crippen LogP contribution in [0.3, 0.4) is 0 Å². The first-order valence-electron chi connectivity index (χ1n) is 7.01. The van der Waals surface area contributed by atoms with Gasteiger partial charge in [-0.15, -0.1) is 11.8 Å². The van der Waals surface area contributed by atoms with Crippen molar-refractivity contribution in [3.63, 3.8) is 0 Å². The molecule has 118 valence electrons. The van der Waals surface area contributed by atoms with Crippen LogP contribution in [0.1, 0.15) is 10.4 Å². The summed E-state index contributed by atoms with van der Waals surface area (Å²) in [4.78, 5) is 30.7. The summed E-state index contributed by atoms with van der Waals surface area (Å²) >= 11 is 7.40. The highest BCUT2D eigenvalue weighted by Crippen LogP contribution is 2.24. The van der Waals surface area contributed by atoms with Crippen molar-refractivity contribution in [3.8, 4) is 0 Å². The summed E-state index contributed by atoms with van der Waals surface area (Å²) in [7, 11) is 0. The first-order chi connectivity index (χ1) is 11.1. The standard InChI is InChI=1S/C16H14ClN3O2S/c17-12-6-4-11(5-7-12)16(22)20-10-23-9-13(20)15(21)19-14-3-1-2-8-18-14/h1-8,13H,9-10H2,(H,18,19,21)/t13-/m0/s1. The van der Waals surface area contributed by atoms with Gasteiger partial charge in [-0.3, -0.25) is 9.59 Å². The summed E-state index contributed by atoms with van der Waals surface area (Å²) in [6.07, 6.45) is 1.61. The number of hydrogen-bond donors (Lipinski definition) is 1. The van der Waals surface area contributed by atoms with Crippen LogP contribution in [0.2, 0.25) is 5.02 Å². The van der Waals surface area contributed by atoms with Crippen molar-refractivity contribution in [1.82, 2.24) is 9.88 Å². The summed E-state index contributed by atoms with van der Waals surface area (Å²) in [5, 5.41) is 3.32. The average molecular weight is 348 g/mol. The summed E-state index contributed by atoms with van der Waals surface area (Å²) in [6.45, 7) is 0. The number of thioether (sulfide) groups is 1. The second kappa shape index (κ2) is 7.02. The van der Waals surface area contributed by atoms with Gasteiger partial charge in [0.1, 0.15) is 11.9 Å². The van der Waals surface area contributed by atoms with E-state index in [2.05, 4.69) is 10.3 Å². The van der Waals surface area contributed by atoms with Gasteiger partial charge in [-0.25, -0.2) is 4.98 Å². The Bertz CT molecular complexity index is 709. The third-order valence-corrected chi connectivity index (χ3v) is 4.72. The van der Waals surface area contributed by atoms with Crippen molar-refractivity contribution >= 4 is 41.0 Å². The second-order valence-corrected chi connectivity index (χ2v) is 6.44. The molecule has 2 heterocycles. The van der Waals surface area contributed by atoms with Gasteiger partial charge < -0.3 is 10.2 Å². The van der Waals surface area contributed by atoms with E-state index in [1.54, 1.807) is 65.3 Å². The number of carbonyl (C=O) groups is 2. The number of amides is 2. The minimum atomic E-state index is -0.509. The van der Waals surface area contributed by atoms with Crippen LogP contribution in [0.4, 0.5) is 5.82 Å². The van der Waals surface area contributed by atoms with Crippen molar-refractivity contribution in [2.45, 2.75) is 6.04 Å². The Labute approximate surface area is 143 Å². The van der Waals surface area contributed by atoms with Crippen LogP contribution in [0.5, 0.6) is 0 Å². The number of hydrogen-bond acceptors (Lipinski definition) is 4. The van der Waals surface area contributed by atoms with E-state index in [-0.39, 0.29) is 11.8 Å².